The minimum Gasteiger partial charge on any atom is -0.476 e. The number of carbonyl (C=O) groups excluding carboxylic acids is 2. The summed E-state index contributed by atoms with van der Waals surface area (Å²) in [5, 5.41) is 17.8. The molecule has 0 aliphatic heterocycles. The molecule has 0 fully saturated rings. The van der Waals surface area contributed by atoms with Gasteiger partial charge < -0.3 is 14.9 Å². The van der Waals surface area contributed by atoms with Crippen LogP contribution in [0.15, 0.2) is 24.8 Å². The Labute approximate surface area is 126 Å². The van der Waals surface area contributed by atoms with Crippen LogP contribution in [0.3, 0.4) is 0 Å². The molecule has 0 bridgehead atoms. The van der Waals surface area contributed by atoms with Crippen molar-refractivity contribution < 1.29 is 34.1 Å². The van der Waals surface area contributed by atoms with Gasteiger partial charge in [0.2, 0.25) is 0 Å². The first-order valence-electron chi connectivity index (χ1n) is 5.77. The third kappa shape index (κ3) is 3.29. The van der Waals surface area contributed by atoms with Crippen LogP contribution >= 0.6 is 0 Å². The summed E-state index contributed by atoms with van der Waals surface area (Å²) >= 11 is 0. The molecule has 0 aliphatic carbocycles. The maximum atomic E-state index is 11.8. The van der Waals surface area contributed by atoms with Gasteiger partial charge in [0.25, 0.3) is 0 Å². The first kappa shape index (κ1) is 15.6. The number of esters is 2. The fraction of sp³-hybridized carbons (Fsp3) is 0. The van der Waals surface area contributed by atoms with Gasteiger partial charge in [0.05, 0.1) is 0 Å². The predicted molar refractivity (Wildman–Crippen MR) is 67.7 cm³/mol. The van der Waals surface area contributed by atoms with Crippen molar-refractivity contribution in [1.29, 1.82) is 0 Å². The number of hydrogen-bond acceptors (Lipinski definition) is 9. The number of nitrogens with zero attached hydrogens (tertiary/aromatic N) is 4. The predicted octanol–water partition coefficient (Wildman–Crippen LogP) is -0.340. The van der Waals surface area contributed by atoms with Crippen molar-refractivity contribution in [3.8, 4) is 0 Å². The van der Waals surface area contributed by atoms with E-state index in [-0.39, 0.29) is 0 Å². The Hall–Kier alpha value is -3.76. The molecule has 0 saturated carbocycles. The second kappa shape index (κ2) is 6.34. The van der Waals surface area contributed by atoms with Gasteiger partial charge in [-0.2, -0.15) is 0 Å². The van der Waals surface area contributed by atoms with Crippen LogP contribution in [-0.4, -0.2) is 54.0 Å². The largest absolute Gasteiger partial charge is 0.476 e. The van der Waals surface area contributed by atoms with Crippen LogP contribution in [0, 0.1) is 0 Å². The minimum atomic E-state index is -1.55. The number of carboxylic acid groups (broad SMARTS) is 2. The second-order valence-electron chi connectivity index (χ2n) is 3.79. The Bertz CT molecular complexity index is 753. The highest BCUT2D eigenvalue weighted by molar-refractivity contribution is 6.07. The molecule has 0 aromatic carbocycles. The lowest BCUT2D eigenvalue weighted by Gasteiger charge is -2.05. The molecule has 2 aromatic rings. The van der Waals surface area contributed by atoms with Gasteiger partial charge in [-0.25, -0.2) is 39.1 Å². The molecule has 0 spiro atoms. The Morgan fingerprint density at radius 2 is 0.957 bits per heavy atom. The molecule has 2 N–H and O–H groups in total. The van der Waals surface area contributed by atoms with Gasteiger partial charge in [-0.3, -0.25) is 0 Å². The standard InChI is InChI=1S/C12H6N4O7/c17-9(18)5-7(15-3-1-13-5)11(21)23-12(22)8-6(10(19)20)14-2-4-16-8/h1-4H,(H,17,18)(H,19,20). The number of ether oxygens (including phenoxy) is 1. The highest BCUT2D eigenvalue weighted by Gasteiger charge is 2.27. The van der Waals surface area contributed by atoms with Crippen LogP contribution in [0.2, 0.25) is 0 Å². The van der Waals surface area contributed by atoms with E-state index < -0.39 is 46.7 Å². The molecule has 0 unspecified atom stereocenters. The van der Waals surface area contributed by atoms with Crippen LogP contribution in [-0.2, 0) is 4.74 Å². The number of carboxylic acids is 2. The van der Waals surface area contributed by atoms with E-state index in [0.717, 1.165) is 24.8 Å². The average molecular weight is 318 g/mol. The molecule has 2 heterocycles. The van der Waals surface area contributed by atoms with Gasteiger partial charge in [-0.15, -0.1) is 0 Å². The summed E-state index contributed by atoms with van der Waals surface area (Å²) in [5.74, 6) is -5.93. The molecule has 0 radical (unpaired) electrons. The number of hydrogen-bond donors (Lipinski definition) is 2. The maximum absolute atomic E-state index is 11.8. The van der Waals surface area contributed by atoms with E-state index in [0.29, 0.717) is 0 Å². The zero-order valence-corrected chi connectivity index (χ0v) is 11.0. The Balaban J connectivity index is 2.30. The van der Waals surface area contributed by atoms with Crippen molar-refractivity contribution in [3.63, 3.8) is 0 Å². The lowest BCUT2D eigenvalue weighted by Crippen LogP contribution is -2.21. The highest BCUT2D eigenvalue weighted by Crippen LogP contribution is 2.08. The van der Waals surface area contributed by atoms with Gasteiger partial charge in [0, 0.05) is 24.8 Å². The van der Waals surface area contributed by atoms with Gasteiger partial charge in [-0.05, 0) is 0 Å². The summed E-state index contributed by atoms with van der Waals surface area (Å²) in [4.78, 5) is 59.3. The summed E-state index contributed by atoms with van der Waals surface area (Å²) in [5.41, 5.74) is -2.87. The molecule has 23 heavy (non-hydrogen) atoms. The quantitative estimate of drug-likeness (QED) is 0.558. The van der Waals surface area contributed by atoms with Gasteiger partial charge >= 0.3 is 23.9 Å². The van der Waals surface area contributed by atoms with Crippen LogP contribution in [0.5, 0.6) is 0 Å². The number of aromatic nitrogens is 4. The van der Waals surface area contributed by atoms with E-state index in [2.05, 4.69) is 24.7 Å². The fourth-order valence-electron chi connectivity index (χ4n) is 1.47. The Kier molecular flexibility index (Phi) is 4.31. The van der Waals surface area contributed by atoms with Crippen molar-refractivity contribution in [1.82, 2.24) is 19.9 Å². The minimum absolute atomic E-state index is 0.714. The molecule has 11 nitrogen and oxygen atoms in total. The SMILES string of the molecule is O=C(O)c1nccnc1C(=O)OC(=O)c1nccnc1C(=O)O. The summed E-state index contributed by atoms with van der Waals surface area (Å²) in [7, 11) is 0. The van der Waals surface area contributed by atoms with Gasteiger partial charge in [0.15, 0.2) is 22.8 Å². The zero-order valence-electron chi connectivity index (χ0n) is 11.0. The van der Waals surface area contributed by atoms with E-state index in [4.69, 9.17) is 10.2 Å². The number of carbonyl (C=O) groups is 4. The summed E-state index contributed by atoms with van der Waals surface area (Å²) < 4.78 is 4.39. The van der Waals surface area contributed by atoms with Crippen molar-refractivity contribution in [2.45, 2.75) is 0 Å². The summed E-state index contributed by atoms with van der Waals surface area (Å²) in [6.45, 7) is 0. The first-order valence-corrected chi connectivity index (χ1v) is 5.77. The Morgan fingerprint density at radius 3 is 1.26 bits per heavy atom. The second-order valence-corrected chi connectivity index (χ2v) is 3.79. The molecule has 0 aliphatic rings. The Morgan fingerprint density at radius 1 is 0.652 bits per heavy atom. The number of rotatable bonds is 4. The van der Waals surface area contributed by atoms with E-state index in [1.165, 1.54) is 0 Å². The van der Waals surface area contributed by atoms with Crippen LogP contribution in [0.4, 0.5) is 0 Å². The summed E-state index contributed by atoms with van der Waals surface area (Å²) in [6.07, 6.45) is 4.12. The van der Waals surface area contributed by atoms with Crippen molar-refractivity contribution >= 4 is 23.9 Å². The molecule has 2 aromatic heterocycles. The fourth-order valence-corrected chi connectivity index (χ4v) is 1.47. The van der Waals surface area contributed by atoms with E-state index in [1.807, 2.05) is 0 Å². The smallest absolute Gasteiger partial charge is 0.367 e. The van der Waals surface area contributed by atoms with E-state index in [9.17, 15) is 19.2 Å². The molecule has 2 rings (SSSR count). The molecule has 0 saturated heterocycles. The van der Waals surface area contributed by atoms with E-state index in [1.54, 1.807) is 0 Å². The topological polar surface area (TPSA) is 170 Å². The normalized spacial score (nSPS) is 9.91. The molecule has 0 atom stereocenters. The molecule has 11 heteroatoms. The zero-order chi connectivity index (χ0) is 17.0. The monoisotopic (exact) mass is 318 g/mol. The lowest BCUT2D eigenvalue weighted by atomic mass is 10.3. The lowest BCUT2D eigenvalue weighted by molar-refractivity contribution is 0.0376. The van der Waals surface area contributed by atoms with Crippen molar-refractivity contribution in [2.75, 3.05) is 0 Å². The van der Waals surface area contributed by atoms with Gasteiger partial charge in [-0.1, -0.05) is 0 Å². The van der Waals surface area contributed by atoms with Crippen LogP contribution in [0.25, 0.3) is 0 Å². The molecular weight excluding hydrogens is 312 g/mol. The number of aromatic carboxylic acids is 2. The first-order chi connectivity index (χ1) is 10.9. The van der Waals surface area contributed by atoms with Gasteiger partial charge in [0.1, 0.15) is 0 Å². The average Bonchev–Trinajstić information content (AvgIpc) is 2.54. The van der Waals surface area contributed by atoms with E-state index >= 15 is 0 Å². The van der Waals surface area contributed by atoms with Crippen molar-refractivity contribution in [3.05, 3.63) is 47.6 Å². The van der Waals surface area contributed by atoms with Crippen molar-refractivity contribution in [2.24, 2.45) is 0 Å². The summed E-state index contributed by atoms with van der Waals surface area (Å²) in [6, 6.07) is 0. The maximum Gasteiger partial charge on any atom is 0.367 e. The highest BCUT2D eigenvalue weighted by atomic mass is 16.6. The van der Waals surface area contributed by atoms with Crippen LogP contribution in [0.1, 0.15) is 42.0 Å². The van der Waals surface area contributed by atoms with Crippen LogP contribution < -0.4 is 0 Å². The molecule has 116 valence electrons. The third-order valence-corrected chi connectivity index (χ3v) is 2.37. The molecule has 0 amide bonds. The molecular formula is C12H6N4O7. The third-order valence-electron chi connectivity index (χ3n) is 2.37.